The summed E-state index contributed by atoms with van der Waals surface area (Å²) >= 11 is 1.76. The Morgan fingerprint density at radius 2 is 2.23 bits per heavy atom. The molecule has 1 aliphatic rings. The molecular formula is C18H29F3N4S. The molecule has 8 heteroatoms. The Balaban J connectivity index is 1.75. The minimum Gasteiger partial charge on any atom is -0.357 e. The van der Waals surface area contributed by atoms with Gasteiger partial charge in [-0.15, -0.1) is 11.3 Å². The first-order chi connectivity index (χ1) is 12.4. The molecule has 2 unspecified atom stereocenters. The van der Waals surface area contributed by atoms with Crippen molar-refractivity contribution in [3.63, 3.8) is 0 Å². The Labute approximate surface area is 157 Å². The lowest BCUT2D eigenvalue weighted by Crippen LogP contribution is -2.41. The predicted molar refractivity (Wildman–Crippen MR) is 102 cm³/mol. The maximum absolute atomic E-state index is 12.5. The van der Waals surface area contributed by atoms with Crippen molar-refractivity contribution >= 4 is 17.3 Å². The first kappa shape index (κ1) is 21.0. The molecule has 2 atom stereocenters. The molecule has 0 aliphatic carbocycles. The first-order valence-electron chi connectivity index (χ1n) is 9.19. The van der Waals surface area contributed by atoms with E-state index >= 15 is 0 Å². The summed E-state index contributed by atoms with van der Waals surface area (Å²) in [7, 11) is 0. The molecule has 1 fully saturated rings. The summed E-state index contributed by atoms with van der Waals surface area (Å²) in [6.45, 7) is 6.51. The molecule has 1 saturated heterocycles. The van der Waals surface area contributed by atoms with Crippen LogP contribution in [0.25, 0.3) is 0 Å². The van der Waals surface area contributed by atoms with Crippen molar-refractivity contribution in [3.8, 4) is 0 Å². The molecule has 0 bridgehead atoms. The normalized spacial score (nSPS) is 20.3. The van der Waals surface area contributed by atoms with Crippen LogP contribution in [0.4, 0.5) is 13.2 Å². The highest BCUT2D eigenvalue weighted by atomic mass is 32.1. The van der Waals surface area contributed by atoms with Gasteiger partial charge in [0.15, 0.2) is 5.96 Å². The lowest BCUT2D eigenvalue weighted by molar-refractivity contribution is -0.143. The van der Waals surface area contributed by atoms with Crippen LogP contribution in [0.5, 0.6) is 0 Å². The van der Waals surface area contributed by atoms with Crippen LogP contribution in [0.2, 0.25) is 0 Å². The third kappa shape index (κ3) is 7.95. The monoisotopic (exact) mass is 390 g/mol. The van der Waals surface area contributed by atoms with Crippen LogP contribution in [0, 0.1) is 11.8 Å². The lowest BCUT2D eigenvalue weighted by Gasteiger charge is -2.19. The zero-order valence-electron chi connectivity index (χ0n) is 15.5. The summed E-state index contributed by atoms with van der Waals surface area (Å²) in [5, 5.41) is 8.60. The fraction of sp³-hybridized carbons (Fsp3) is 0.722. The summed E-state index contributed by atoms with van der Waals surface area (Å²) in [4.78, 5) is 7.49. The van der Waals surface area contributed by atoms with Crippen molar-refractivity contribution in [2.75, 3.05) is 39.3 Å². The highest BCUT2D eigenvalue weighted by Gasteiger charge is 2.34. The van der Waals surface area contributed by atoms with Crippen molar-refractivity contribution in [3.05, 3.63) is 22.4 Å². The molecule has 0 spiro atoms. The molecule has 26 heavy (non-hydrogen) atoms. The van der Waals surface area contributed by atoms with Crippen LogP contribution in [0.3, 0.4) is 0 Å². The molecule has 4 nitrogen and oxygen atoms in total. The van der Waals surface area contributed by atoms with Crippen LogP contribution >= 0.6 is 11.3 Å². The summed E-state index contributed by atoms with van der Waals surface area (Å²) in [6.07, 6.45) is -2.32. The molecule has 0 radical (unpaired) electrons. The Bertz CT molecular complexity index is 545. The fourth-order valence-electron chi connectivity index (χ4n) is 3.14. The summed E-state index contributed by atoms with van der Waals surface area (Å²) in [6, 6.07) is 4.20. The third-order valence-corrected chi connectivity index (χ3v) is 5.26. The van der Waals surface area contributed by atoms with Gasteiger partial charge in [-0.1, -0.05) is 13.0 Å². The van der Waals surface area contributed by atoms with Crippen LogP contribution < -0.4 is 10.6 Å². The van der Waals surface area contributed by atoms with Gasteiger partial charge in [0, 0.05) is 31.1 Å². The zero-order valence-corrected chi connectivity index (χ0v) is 16.3. The van der Waals surface area contributed by atoms with Gasteiger partial charge in [-0.3, -0.25) is 9.89 Å². The smallest absolute Gasteiger partial charge is 0.357 e. The van der Waals surface area contributed by atoms with E-state index in [0.29, 0.717) is 25.6 Å². The zero-order chi connectivity index (χ0) is 19.0. The number of aliphatic imine (C=N–C) groups is 1. The lowest BCUT2D eigenvalue weighted by atomic mass is 10.1. The van der Waals surface area contributed by atoms with E-state index in [1.54, 1.807) is 11.3 Å². The van der Waals surface area contributed by atoms with E-state index in [0.717, 1.165) is 31.9 Å². The van der Waals surface area contributed by atoms with Gasteiger partial charge in [0.2, 0.25) is 0 Å². The van der Waals surface area contributed by atoms with Gasteiger partial charge in [0.05, 0.1) is 6.54 Å². The van der Waals surface area contributed by atoms with E-state index in [1.165, 1.54) is 9.78 Å². The van der Waals surface area contributed by atoms with Crippen LogP contribution in [-0.4, -0.2) is 56.3 Å². The maximum Gasteiger partial charge on any atom is 0.401 e. The first-order valence-corrected chi connectivity index (χ1v) is 10.1. The molecular weight excluding hydrogens is 361 g/mol. The standard InChI is InChI=1S/C18H29F3N4S/c1-3-22-17(23-10-14(2)9-16-5-4-8-26-16)24-11-15-6-7-25(12-15)13-18(19,20)21/h4-5,8,14-15H,3,6-7,9-13H2,1-2H3,(H2,22,23,24). The number of guanidine groups is 1. The van der Waals surface area contributed by atoms with Gasteiger partial charge in [0.25, 0.3) is 0 Å². The predicted octanol–water partition coefficient (Wildman–Crippen LogP) is 3.37. The Kier molecular flexibility index (Phi) is 8.21. The molecule has 148 valence electrons. The number of likely N-dealkylation sites (tertiary alicyclic amines) is 1. The maximum atomic E-state index is 12.5. The Morgan fingerprint density at radius 3 is 2.88 bits per heavy atom. The van der Waals surface area contributed by atoms with E-state index in [4.69, 9.17) is 0 Å². The van der Waals surface area contributed by atoms with Gasteiger partial charge in [-0.05, 0) is 49.6 Å². The highest BCUT2D eigenvalue weighted by Crippen LogP contribution is 2.22. The molecule has 1 aromatic rings. The minimum atomic E-state index is -4.11. The molecule has 2 rings (SSSR count). The summed E-state index contributed by atoms with van der Waals surface area (Å²) in [5.74, 6) is 1.42. The van der Waals surface area contributed by atoms with Crippen molar-refractivity contribution in [2.45, 2.75) is 32.9 Å². The topological polar surface area (TPSA) is 39.7 Å². The number of alkyl halides is 3. The van der Waals surface area contributed by atoms with Gasteiger partial charge < -0.3 is 10.6 Å². The van der Waals surface area contributed by atoms with Gasteiger partial charge in [0.1, 0.15) is 0 Å². The van der Waals surface area contributed by atoms with Gasteiger partial charge >= 0.3 is 6.18 Å². The van der Waals surface area contributed by atoms with Gasteiger partial charge in [-0.25, -0.2) is 0 Å². The number of thiophene rings is 1. The second-order valence-electron chi connectivity index (χ2n) is 6.99. The third-order valence-electron chi connectivity index (χ3n) is 4.37. The van der Waals surface area contributed by atoms with Crippen molar-refractivity contribution in [1.29, 1.82) is 0 Å². The van der Waals surface area contributed by atoms with Crippen LogP contribution in [0.15, 0.2) is 22.5 Å². The van der Waals surface area contributed by atoms with E-state index in [9.17, 15) is 13.2 Å². The highest BCUT2D eigenvalue weighted by molar-refractivity contribution is 7.09. The molecule has 2 N–H and O–H groups in total. The largest absolute Gasteiger partial charge is 0.401 e. The molecule has 2 heterocycles. The van der Waals surface area contributed by atoms with E-state index in [2.05, 4.69) is 40.1 Å². The summed E-state index contributed by atoms with van der Waals surface area (Å²) < 4.78 is 37.4. The number of hydrogen-bond donors (Lipinski definition) is 2. The van der Waals surface area contributed by atoms with E-state index in [1.807, 2.05) is 6.92 Å². The second-order valence-corrected chi connectivity index (χ2v) is 8.03. The number of hydrogen-bond acceptors (Lipinski definition) is 3. The van der Waals surface area contributed by atoms with E-state index in [-0.39, 0.29) is 5.92 Å². The van der Waals surface area contributed by atoms with Crippen LogP contribution in [-0.2, 0) is 6.42 Å². The number of rotatable bonds is 8. The number of nitrogens with one attached hydrogen (secondary N) is 2. The molecule has 0 saturated carbocycles. The van der Waals surface area contributed by atoms with Crippen molar-refractivity contribution in [2.24, 2.45) is 16.8 Å². The number of halogens is 3. The van der Waals surface area contributed by atoms with E-state index < -0.39 is 12.7 Å². The van der Waals surface area contributed by atoms with Gasteiger partial charge in [-0.2, -0.15) is 13.2 Å². The molecule has 1 aliphatic heterocycles. The molecule has 0 aromatic carbocycles. The fourth-order valence-corrected chi connectivity index (χ4v) is 4.01. The number of nitrogens with zero attached hydrogens (tertiary/aromatic N) is 2. The average molecular weight is 391 g/mol. The quantitative estimate of drug-likeness (QED) is 0.528. The minimum absolute atomic E-state index is 0.227. The molecule has 1 aromatic heterocycles. The van der Waals surface area contributed by atoms with Crippen molar-refractivity contribution < 1.29 is 13.2 Å². The Hall–Kier alpha value is -1.28. The second kappa shape index (κ2) is 10.2. The molecule has 0 amide bonds. The Morgan fingerprint density at radius 1 is 1.42 bits per heavy atom. The average Bonchev–Trinajstić information content (AvgIpc) is 3.20. The summed E-state index contributed by atoms with van der Waals surface area (Å²) in [5.41, 5.74) is 0. The van der Waals surface area contributed by atoms with Crippen molar-refractivity contribution in [1.82, 2.24) is 15.5 Å². The SMILES string of the molecule is CCNC(=NCC(C)Cc1cccs1)NCC1CCN(CC(F)(F)F)C1. The van der Waals surface area contributed by atoms with Crippen LogP contribution in [0.1, 0.15) is 25.1 Å².